The molecule has 0 N–H and O–H groups in total. The summed E-state index contributed by atoms with van der Waals surface area (Å²) in [6.07, 6.45) is 0.880. The number of amides is 1. The van der Waals surface area contributed by atoms with Crippen molar-refractivity contribution in [2.45, 2.75) is 6.04 Å². The van der Waals surface area contributed by atoms with Gasteiger partial charge in [0.25, 0.3) is 0 Å². The van der Waals surface area contributed by atoms with Crippen LogP contribution in [0, 0.1) is 0 Å². The minimum absolute atomic E-state index is 0.208. The molecule has 5 heteroatoms. The van der Waals surface area contributed by atoms with Gasteiger partial charge in [-0.1, -0.05) is 72.3 Å². The van der Waals surface area contributed by atoms with Crippen molar-refractivity contribution in [2.24, 2.45) is 0 Å². The third kappa shape index (κ3) is 4.51. The third-order valence-corrected chi connectivity index (χ3v) is 5.63. The van der Waals surface area contributed by atoms with Crippen LogP contribution in [0.1, 0.15) is 17.2 Å². The Kier molecular flexibility index (Phi) is 6.25. The summed E-state index contributed by atoms with van der Waals surface area (Å²) < 4.78 is 0. The second kappa shape index (κ2) is 9.23. The highest BCUT2D eigenvalue weighted by atomic mass is 35.5. The fourth-order valence-corrected chi connectivity index (χ4v) is 4.08. The lowest BCUT2D eigenvalue weighted by Crippen LogP contribution is -2.54. The molecule has 0 radical (unpaired) electrons. The van der Waals surface area contributed by atoms with E-state index in [2.05, 4.69) is 70.6 Å². The van der Waals surface area contributed by atoms with E-state index in [-0.39, 0.29) is 6.04 Å². The van der Waals surface area contributed by atoms with Gasteiger partial charge >= 0.3 is 0 Å². The molecule has 1 amide bonds. The highest BCUT2D eigenvalue weighted by Gasteiger charge is 2.28. The third-order valence-electron chi connectivity index (χ3n) is 5.38. The molecule has 0 spiro atoms. The summed E-state index contributed by atoms with van der Waals surface area (Å²) in [4.78, 5) is 14.3. The van der Waals surface area contributed by atoms with Crippen molar-refractivity contribution in [3.63, 3.8) is 0 Å². The first-order valence-corrected chi connectivity index (χ1v) is 10.2. The molecule has 0 aromatic heterocycles. The van der Waals surface area contributed by atoms with Gasteiger partial charge in [0, 0.05) is 31.2 Å². The normalized spacial score (nSPS) is 15.4. The average Bonchev–Trinajstić information content (AvgIpc) is 2.78. The van der Waals surface area contributed by atoms with Gasteiger partial charge < -0.3 is 0 Å². The van der Waals surface area contributed by atoms with Gasteiger partial charge in [-0.3, -0.25) is 9.69 Å². The number of carbonyl (C=O) groups is 1. The summed E-state index contributed by atoms with van der Waals surface area (Å²) in [7, 11) is 0. The van der Waals surface area contributed by atoms with Gasteiger partial charge in [-0.2, -0.15) is 0 Å². The van der Waals surface area contributed by atoms with Crippen LogP contribution in [0.15, 0.2) is 84.9 Å². The van der Waals surface area contributed by atoms with Gasteiger partial charge in [-0.25, -0.2) is 10.0 Å². The highest BCUT2D eigenvalue weighted by Crippen LogP contribution is 2.30. The molecule has 3 aromatic carbocycles. The van der Waals surface area contributed by atoms with Crippen molar-refractivity contribution >= 4 is 23.7 Å². The van der Waals surface area contributed by atoms with E-state index in [4.69, 9.17) is 11.6 Å². The fraction of sp³-hybridized carbons (Fsp3) is 0.208. The van der Waals surface area contributed by atoms with Crippen molar-refractivity contribution in [1.82, 2.24) is 9.91 Å². The van der Waals surface area contributed by atoms with Crippen molar-refractivity contribution in [2.75, 3.05) is 31.2 Å². The first kappa shape index (κ1) is 19.6. The molecule has 1 aliphatic rings. The Labute approximate surface area is 176 Å². The summed E-state index contributed by atoms with van der Waals surface area (Å²) in [5.74, 6) is 0. The molecule has 0 atom stereocenters. The summed E-state index contributed by atoms with van der Waals surface area (Å²) in [5.41, 5.74) is 3.41. The number of benzene rings is 3. The summed E-state index contributed by atoms with van der Waals surface area (Å²) in [6.45, 7) is 3.29. The molecule has 0 aliphatic carbocycles. The molecule has 0 saturated carbocycles. The van der Waals surface area contributed by atoms with E-state index in [1.165, 1.54) is 11.1 Å². The molecular weight excluding hydrogens is 382 g/mol. The second-order valence-corrected chi connectivity index (χ2v) is 7.58. The maximum absolute atomic E-state index is 11.8. The predicted octanol–water partition coefficient (Wildman–Crippen LogP) is 4.63. The van der Waals surface area contributed by atoms with Crippen LogP contribution < -0.4 is 5.01 Å². The number of anilines is 1. The number of rotatable bonds is 6. The van der Waals surface area contributed by atoms with Crippen LogP contribution in [0.4, 0.5) is 5.69 Å². The molecule has 29 heavy (non-hydrogen) atoms. The van der Waals surface area contributed by atoms with Crippen LogP contribution in [-0.2, 0) is 4.79 Å². The molecule has 4 nitrogen and oxygen atoms in total. The maximum atomic E-state index is 11.8. The van der Waals surface area contributed by atoms with Crippen molar-refractivity contribution in [3.05, 3.63) is 101 Å². The minimum atomic E-state index is 0.208. The van der Waals surface area contributed by atoms with Gasteiger partial charge in [0.2, 0.25) is 6.41 Å². The van der Waals surface area contributed by atoms with Crippen LogP contribution in [0.5, 0.6) is 0 Å². The van der Waals surface area contributed by atoms with E-state index < -0.39 is 0 Å². The smallest absolute Gasteiger partial charge is 0.228 e. The molecule has 148 valence electrons. The molecule has 1 aliphatic heterocycles. The lowest BCUT2D eigenvalue weighted by atomic mass is 9.96. The first-order chi connectivity index (χ1) is 14.3. The predicted molar refractivity (Wildman–Crippen MR) is 118 cm³/mol. The van der Waals surface area contributed by atoms with Crippen LogP contribution in [-0.4, -0.2) is 42.5 Å². The van der Waals surface area contributed by atoms with Crippen LogP contribution in [0.25, 0.3) is 0 Å². The molecular formula is C24H24ClN3O. The number of piperazine rings is 1. The quantitative estimate of drug-likeness (QED) is 0.559. The average molecular weight is 406 g/mol. The Morgan fingerprint density at radius 1 is 0.759 bits per heavy atom. The van der Waals surface area contributed by atoms with Crippen LogP contribution in [0.3, 0.4) is 0 Å². The Morgan fingerprint density at radius 3 is 1.76 bits per heavy atom. The zero-order valence-electron chi connectivity index (χ0n) is 16.2. The molecule has 1 heterocycles. The lowest BCUT2D eigenvalue weighted by Gasteiger charge is -2.42. The first-order valence-electron chi connectivity index (χ1n) is 9.85. The van der Waals surface area contributed by atoms with Gasteiger partial charge in [0.05, 0.1) is 11.7 Å². The Balaban J connectivity index is 1.52. The standard InChI is InChI=1S/C24H24ClN3O/c25-22-11-13-23(14-12-22)28(19-29)27-17-15-26(16-18-27)24(20-7-3-1-4-8-20)21-9-5-2-6-10-21/h1-14,19,24H,15-18H2. The van der Waals surface area contributed by atoms with Crippen molar-refractivity contribution in [1.29, 1.82) is 0 Å². The van der Waals surface area contributed by atoms with E-state index in [0.717, 1.165) is 38.3 Å². The van der Waals surface area contributed by atoms with E-state index in [1.54, 1.807) is 5.01 Å². The number of halogens is 1. The minimum Gasteiger partial charge on any atom is -0.290 e. The summed E-state index contributed by atoms with van der Waals surface area (Å²) in [6, 6.07) is 28.8. The molecule has 0 bridgehead atoms. The monoisotopic (exact) mass is 405 g/mol. The number of hydrogen-bond acceptors (Lipinski definition) is 3. The zero-order valence-corrected chi connectivity index (χ0v) is 16.9. The molecule has 0 unspecified atom stereocenters. The van der Waals surface area contributed by atoms with Crippen LogP contribution >= 0.6 is 11.6 Å². The summed E-state index contributed by atoms with van der Waals surface area (Å²) in [5, 5.41) is 4.45. The van der Waals surface area contributed by atoms with Crippen molar-refractivity contribution < 1.29 is 4.79 Å². The lowest BCUT2D eigenvalue weighted by molar-refractivity contribution is -0.110. The second-order valence-electron chi connectivity index (χ2n) is 7.14. The molecule has 1 saturated heterocycles. The fourth-order valence-electron chi connectivity index (χ4n) is 3.95. The summed E-state index contributed by atoms with van der Waals surface area (Å²) >= 11 is 5.99. The number of hydrazine groups is 1. The topological polar surface area (TPSA) is 26.8 Å². The van der Waals surface area contributed by atoms with E-state index in [1.807, 2.05) is 24.3 Å². The largest absolute Gasteiger partial charge is 0.290 e. The molecule has 4 rings (SSSR count). The number of nitrogens with zero attached hydrogens (tertiary/aromatic N) is 3. The maximum Gasteiger partial charge on any atom is 0.228 e. The Morgan fingerprint density at radius 2 is 1.28 bits per heavy atom. The number of hydrogen-bond donors (Lipinski definition) is 0. The van der Waals surface area contributed by atoms with E-state index in [9.17, 15) is 4.79 Å². The Hall–Kier alpha value is -2.66. The zero-order chi connectivity index (χ0) is 20.1. The van der Waals surface area contributed by atoms with E-state index in [0.29, 0.717) is 5.02 Å². The van der Waals surface area contributed by atoms with Gasteiger partial charge in [0.15, 0.2) is 0 Å². The van der Waals surface area contributed by atoms with Crippen molar-refractivity contribution in [3.8, 4) is 0 Å². The van der Waals surface area contributed by atoms with Gasteiger partial charge in [0.1, 0.15) is 0 Å². The highest BCUT2D eigenvalue weighted by molar-refractivity contribution is 6.30. The molecule has 3 aromatic rings. The SMILES string of the molecule is O=CN(c1ccc(Cl)cc1)N1CCN(C(c2ccccc2)c2ccccc2)CC1. The van der Waals surface area contributed by atoms with E-state index >= 15 is 0 Å². The van der Waals surface area contributed by atoms with Crippen LogP contribution in [0.2, 0.25) is 5.02 Å². The van der Waals surface area contributed by atoms with Gasteiger partial charge in [-0.05, 0) is 35.4 Å². The van der Waals surface area contributed by atoms with Gasteiger partial charge in [-0.15, -0.1) is 0 Å². The Bertz CT molecular complexity index is 870. The number of carbonyl (C=O) groups excluding carboxylic acids is 1. The molecule has 1 fully saturated rings.